The number of rotatable bonds is 6. The highest BCUT2D eigenvalue weighted by Crippen LogP contribution is 2.20. The number of benzene rings is 1. The van der Waals surface area contributed by atoms with Gasteiger partial charge in [-0.3, -0.25) is 4.79 Å². The van der Waals surface area contributed by atoms with Gasteiger partial charge in [-0.1, -0.05) is 12.1 Å². The van der Waals surface area contributed by atoms with Crippen LogP contribution in [0, 0.1) is 12.8 Å². The van der Waals surface area contributed by atoms with Gasteiger partial charge in [-0.25, -0.2) is 0 Å². The van der Waals surface area contributed by atoms with E-state index in [1.165, 1.54) is 6.42 Å². The van der Waals surface area contributed by atoms with Crippen LogP contribution in [0.2, 0.25) is 0 Å². The summed E-state index contributed by atoms with van der Waals surface area (Å²) in [5, 5.41) is 3.35. The van der Waals surface area contributed by atoms with Crippen LogP contribution in [0.15, 0.2) is 18.2 Å². The summed E-state index contributed by atoms with van der Waals surface area (Å²) in [6, 6.07) is 6.08. The summed E-state index contributed by atoms with van der Waals surface area (Å²) in [5.41, 5.74) is 2.25. The van der Waals surface area contributed by atoms with Gasteiger partial charge in [0.2, 0.25) is 5.91 Å². The molecule has 0 aromatic heterocycles. The number of amides is 1. The number of hydrogen-bond acceptors (Lipinski definition) is 3. The number of hydrogen-bond donors (Lipinski definition) is 1. The van der Waals surface area contributed by atoms with Gasteiger partial charge < -0.3 is 15.0 Å². The Labute approximate surface area is 139 Å². The molecule has 0 saturated carbocycles. The second-order valence-electron chi connectivity index (χ2n) is 5.95. The molecule has 1 N–H and O–H groups in total. The minimum atomic E-state index is 0. The Morgan fingerprint density at radius 2 is 2.23 bits per heavy atom. The maximum absolute atomic E-state index is 12.2. The molecule has 5 heteroatoms. The van der Waals surface area contributed by atoms with E-state index in [2.05, 4.69) is 11.4 Å². The fourth-order valence-electron chi connectivity index (χ4n) is 2.88. The summed E-state index contributed by atoms with van der Waals surface area (Å²) in [5.74, 6) is 1.79. The van der Waals surface area contributed by atoms with Gasteiger partial charge in [-0.15, -0.1) is 12.4 Å². The lowest BCUT2D eigenvalue weighted by atomic mass is 10.0. The Kier molecular flexibility index (Phi) is 7.69. The van der Waals surface area contributed by atoms with Gasteiger partial charge in [0.15, 0.2) is 0 Å². The molecule has 1 atom stereocenters. The molecule has 22 heavy (non-hydrogen) atoms. The Balaban J connectivity index is 0.00000242. The quantitative estimate of drug-likeness (QED) is 0.874. The SMILES string of the molecule is COc1ccc(CN(C)C(=O)CCC2CCNC2)cc1C.Cl. The fraction of sp³-hybridized carbons (Fsp3) is 0.588. The van der Waals surface area contributed by atoms with E-state index in [9.17, 15) is 4.79 Å². The largest absolute Gasteiger partial charge is 0.496 e. The van der Waals surface area contributed by atoms with E-state index < -0.39 is 0 Å². The van der Waals surface area contributed by atoms with Crippen LogP contribution in [0.5, 0.6) is 5.75 Å². The summed E-state index contributed by atoms with van der Waals surface area (Å²) >= 11 is 0. The van der Waals surface area contributed by atoms with Crippen molar-refractivity contribution in [2.45, 2.75) is 32.7 Å². The third kappa shape index (κ3) is 5.18. The lowest BCUT2D eigenvalue weighted by molar-refractivity contribution is -0.130. The van der Waals surface area contributed by atoms with Crippen LogP contribution >= 0.6 is 12.4 Å². The lowest BCUT2D eigenvalue weighted by Crippen LogP contribution is -2.26. The lowest BCUT2D eigenvalue weighted by Gasteiger charge is -2.19. The minimum Gasteiger partial charge on any atom is -0.496 e. The maximum Gasteiger partial charge on any atom is 0.222 e. The molecule has 0 spiro atoms. The number of aryl methyl sites for hydroxylation is 1. The van der Waals surface area contributed by atoms with E-state index in [0.29, 0.717) is 18.9 Å². The summed E-state index contributed by atoms with van der Waals surface area (Å²) in [6.07, 6.45) is 2.85. The number of halogens is 1. The van der Waals surface area contributed by atoms with Crippen molar-refractivity contribution in [3.05, 3.63) is 29.3 Å². The van der Waals surface area contributed by atoms with Crippen LogP contribution in [0.1, 0.15) is 30.4 Å². The molecule has 1 unspecified atom stereocenters. The van der Waals surface area contributed by atoms with E-state index >= 15 is 0 Å². The Morgan fingerprint density at radius 3 is 2.82 bits per heavy atom. The van der Waals surface area contributed by atoms with Gasteiger partial charge in [-0.05, 0) is 56.0 Å². The van der Waals surface area contributed by atoms with E-state index in [4.69, 9.17) is 4.74 Å². The molecule has 1 aromatic rings. The van der Waals surface area contributed by atoms with E-state index in [0.717, 1.165) is 36.4 Å². The van der Waals surface area contributed by atoms with Crippen molar-refractivity contribution in [2.24, 2.45) is 5.92 Å². The van der Waals surface area contributed by atoms with Gasteiger partial charge in [0, 0.05) is 20.0 Å². The van der Waals surface area contributed by atoms with Gasteiger partial charge in [0.25, 0.3) is 0 Å². The molecule has 4 nitrogen and oxygen atoms in total. The number of carbonyl (C=O) groups is 1. The van der Waals surface area contributed by atoms with Gasteiger partial charge in [0.1, 0.15) is 5.75 Å². The van der Waals surface area contributed by atoms with E-state index in [-0.39, 0.29) is 18.3 Å². The van der Waals surface area contributed by atoms with Gasteiger partial charge in [0.05, 0.1) is 7.11 Å². The smallest absolute Gasteiger partial charge is 0.222 e. The molecule has 0 radical (unpaired) electrons. The first-order chi connectivity index (χ1) is 10.1. The first kappa shape index (κ1) is 18.8. The van der Waals surface area contributed by atoms with Crippen LogP contribution in [-0.2, 0) is 11.3 Å². The molecular weight excluding hydrogens is 300 g/mol. The Hall–Kier alpha value is -1.26. The second kappa shape index (κ2) is 9.01. The predicted octanol–water partition coefficient (Wildman–Crippen LogP) is 2.77. The number of methoxy groups -OCH3 is 1. The predicted molar refractivity (Wildman–Crippen MR) is 91.7 cm³/mol. The Morgan fingerprint density at radius 1 is 1.45 bits per heavy atom. The summed E-state index contributed by atoms with van der Waals surface area (Å²) in [6.45, 7) is 4.85. The summed E-state index contributed by atoms with van der Waals surface area (Å²) in [7, 11) is 3.56. The zero-order chi connectivity index (χ0) is 15.2. The van der Waals surface area contributed by atoms with E-state index in [1.807, 2.05) is 31.0 Å². The average Bonchev–Trinajstić information content (AvgIpc) is 2.98. The fourth-order valence-corrected chi connectivity index (χ4v) is 2.88. The summed E-state index contributed by atoms with van der Waals surface area (Å²) < 4.78 is 5.26. The molecule has 2 rings (SSSR count). The molecule has 1 heterocycles. The van der Waals surface area contributed by atoms with Crippen molar-refractivity contribution in [1.29, 1.82) is 0 Å². The number of carbonyl (C=O) groups excluding carboxylic acids is 1. The van der Waals surface area contributed by atoms with Crippen LogP contribution < -0.4 is 10.1 Å². The first-order valence-electron chi connectivity index (χ1n) is 7.68. The molecule has 124 valence electrons. The molecule has 1 aliphatic rings. The highest BCUT2D eigenvalue weighted by Gasteiger charge is 2.17. The van der Waals surface area contributed by atoms with Crippen molar-refractivity contribution >= 4 is 18.3 Å². The van der Waals surface area contributed by atoms with Crippen LogP contribution in [0.3, 0.4) is 0 Å². The highest BCUT2D eigenvalue weighted by atomic mass is 35.5. The normalized spacial score (nSPS) is 17.0. The molecule has 1 aliphatic heterocycles. The first-order valence-corrected chi connectivity index (χ1v) is 7.68. The third-order valence-electron chi connectivity index (χ3n) is 4.23. The molecule has 1 fully saturated rings. The van der Waals surface area contributed by atoms with Crippen molar-refractivity contribution < 1.29 is 9.53 Å². The third-order valence-corrected chi connectivity index (χ3v) is 4.23. The molecule has 1 amide bonds. The monoisotopic (exact) mass is 326 g/mol. The van der Waals surface area contributed by atoms with Crippen LogP contribution in [0.4, 0.5) is 0 Å². The standard InChI is InChI=1S/C17H26N2O2.ClH/c1-13-10-15(4-6-16(13)21-3)12-19(2)17(20)7-5-14-8-9-18-11-14;/h4,6,10,14,18H,5,7-9,11-12H2,1-3H3;1H. The summed E-state index contributed by atoms with van der Waals surface area (Å²) in [4.78, 5) is 14.0. The zero-order valence-corrected chi connectivity index (χ0v) is 14.5. The Bertz CT molecular complexity index is 488. The maximum atomic E-state index is 12.2. The van der Waals surface area contributed by atoms with Crippen molar-refractivity contribution in [3.63, 3.8) is 0 Å². The number of ether oxygens (including phenoxy) is 1. The van der Waals surface area contributed by atoms with Crippen LogP contribution in [0.25, 0.3) is 0 Å². The molecular formula is C17H27ClN2O2. The van der Waals surface area contributed by atoms with Crippen molar-refractivity contribution in [2.75, 3.05) is 27.2 Å². The number of nitrogens with zero attached hydrogens (tertiary/aromatic N) is 1. The molecule has 1 aromatic carbocycles. The molecule has 1 saturated heterocycles. The molecule has 0 aliphatic carbocycles. The minimum absolute atomic E-state index is 0. The highest BCUT2D eigenvalue weighted by molar-refractivity contribution is 5.85. The van der Waals surface area contributed by atoms with Crippen molar-refractivity contribution in [1.82, 2.24) is 10.2 Å². The second-order valence-corrected chi connectivity index (χ2v) is 5.95. The topological polar surface area (TPSA) is 41.6 Å². The van der Waals surface area contributed by atoms with Crippen LogP contribution in [-0.4, -0.2) is 38.1 Å². The van der Waals surface area contributed by atoms with E-state index in [1.54, 1.807) is 7.11 Å². The zero-order valence-electron chi connectivity index (χ0n) is 13.7. The van der Waals surface area contributed by atoms with Gasteiger partial charge >= 0.3 is 0 Å². The number of nitrogens with one attached hydrogen (secondary N) is 1. The molecule has 0 bridgehead atoms. The average molecular weight is 327 g/mol. The van der Waals surface area contributed by atoms with Gasteiger partial charge in [-0.2, -0.15) is 0 Å². The van der Waals surface area contributed by atoms with Crippen molar-refractivity contribution in [3.8, 4) is 5.75 Å².